The van der Waals surface area contributed by atoms with E-state index < -0.39 is 0 Å². The molecule has 0 aromatic rings. The zero-order valence-corrected chi connectivity index (χ0v) is 8.43. The minimum atomic E-state index is 0.250. The smallest absolute Gasteiger partial charge is 0.0327 e. The van der Waals surface area contributed by atoms with Gasteiger partial charge in [-0.3, -0.25) is 0 Å². The Morgan fingerprint density at radius 1 is 1.33 bits per heavy atom. The second kappa shape index (κ2) is 4.15. The van der Waals surface area contributed by atoms with Crippen LogP contribution in [0.15, 0.2) is 37.7 Å². The van der Waals surface area contributed by atoms with E-state index in [1.54, 1.807) is 12.3 Å². The van der Waals surface area contributed by atoms with Gasteiger partial charge in [0.2, 0.25) is 0 Å². The van der Waals surface area contributed by atoms with Gasteiger partial charge >= 0.3 is 0 Å². The Morgan fingerprint density at radius 3 is 2.08 bits per heavy atom. The molecule has 1 nitrogen and oxygen atoms in total. The molecule has 0 amide bonds. The summed E-state index contributed by atoms with van der Waals surface area (Å²) in [4.78, 5) is 2.01. The van der Waals surface area contributed by atoms with E-state index in [-0.39, 0.29) is 5.41 Å². The van der Waals surface area contributed by atoms with Crippen LogP contribution in [0.3, 0.4) is 0 Å². The Morgan fingerprint density at radius 2 is 1.83 bits per heavy atom. The molecule has 0 saturated carbocycles. The van der Waals surface area contributed by atoms with Gasteiger partial charge in [0.1, 0.15) is 0 Å². The maximum absolute atomic E-state index is 3.87. The van der Waals surface area contributed by atoms with Gasteiger partial charge in [-0.05, 0) is 17.7 Å². The van der Waals surface area contributed by atoms with Crippen molar-refractivity contribution in [3.8, 4) is 0 Å². The van der Waals surface area contributed by atoms with Crippen molar-refractivity contribution in [1.29, 1.82) is 0 Å². The summed E-state index contributed by atoms with van der Waals surface area (Å²) in [5, 5.41) is 0. The van der Waals surface area contributed by atoms with Gasteiger partial charge in [0.15, 0.2) is 0 Å². The van der Waals surface area contributed by atoms with Gasteiger partial charge < -0.3 is 4.90 Å². The lowest BCUT2D eigenvalue weighted by atomic mass is 9.96. The summed E-state index contributed by atoms with van der Waals surface area (Å²) in [7, 11) is 0. The number of rotatable bonds is 4. The molecule has 0 bridgehead atoms. The van der Waals surface area contributed by atoms with E-state index >= 15 is 0 Å². The number of hydrogen-bond acceptors (Lipinski definition) is 1. The zero-order chi connectivity index (χ0) is 9.78. The topological polar surface area (TPSA) is 3.24 Å². The van der Waals surface area contributed by atoms with Crippen molar-refractivity contribution in [2.45, 2.75) is 20.8 Å². The van der Waals surface area contributed by atoms with Crippen LogP contribution in [-0.2, 0) is 0 Å². The molecule has 1 heteroatoms. The molecule has 0 atom stereocenters. The molecule has 0 fully saturated rings. The third-order valence-corrected chi connectivity index (χ3v) is 1.47. The van der Waals surface area contributed by atoms with E-state index in [4.69, 9.17) is 0 Å². The Balaban J connectivity index is 4.28. The average molecular weight is 165 g/mol. The van der Waals surface area contributed by atoms with Crippen molar-refractivity contribution in [1.82, 2.24) is 4.90 Å². The highest BCUT2D eigenvalue weighted by Gasteiger charge is 2.14. The number of nitrogens with zero attached hydrogens (tertiary/aromatic N) is 1. The normalized spacial score (nSPS) is 10.6. The molecule has 0 unspecified atom stereocenters. The van der Waals surface area contributed by atoms with Crippen LogP contribution >= 0.6 is 0 Å². The first-order valence-corrected chi connectivity index (χ1v) is 4.11. The summed E-state index contributed by atoms with van der Waals surface area (Å²) in [5.41, 5.74) is 1.15. The van der Waals surface area contributed by atoms with E-state index in [2.05, 4.69) is 40.5 Å². The standard InChI is InChI=1S/C11H19N/c1-7-10(3)12(8-2)9-11(4,5)6/h7-8H,1-3,9H2,4-6H3. The van der Waals surface area contributed by atoms with Gasteiger partial charge in [-0.15, -0.1) is 0 Å². The summed E-state index contributed by atoms with van der Waals surface area (Å²) < 4.78 is 0. The van der Waals surface area contributed by atoms with Gasteiger partial charge in [-0.25, -0.2) is 0 Å². The molecule has 0 aromatic heterocycles. The quantitative estimate of drug-likeness (QED) is 0.578. The molecule has 0 aliphatic heterocycles. The lowest BCUT2D eigenvalue weighted by molar-refractivity contribution is 0.296. The van der Waals surface area contributed by atoms with Gasteiger partial charge in [0.05, 0.1) is 0 Å². The van der Waals surface area contributed by atoms with Crippen molar-refractivity contribution in [3.05, 3.63) is 37.7 Å². The van der Waals surface area contributed by atoms with E-state index in [1.165, 1.54) is 0 Å². The molecule has 0 saturated heterocycles. The van der Waals surface area contributed by atoms with Crippen molar-refractivity contribution >= 4 is 0 Å². The third-order valence-electron chi connectivity index (χ3n) is 1.47. The minimum absolute atomic E-state index is 0.250. The van der Waals surface area contributed by atoms with Crippen molar-refractivity contribution < 1.29 is 0 Å². The highest BCUT2D eigenvalue weighted by atomic mass is 15.1. The fraction of sp³-hybridized carbons (Fsp3) is 0.455. The van der Waals surface area contributed by atoms with E-state index in [0.717, 1.165) is 12.2 Å². The molecule has 0 heterocycles. The fourth-order valence-electron chi connectivity index (χ4n) is 0.912. The summed E-state index contributed by atoms with van der Waals surface area (Å²) in [6, 6.07) is 0. The minimum Gasteiger partial charge on any atom is -0.349 e. The van der Waals surface area contributed by atoms with Crippen molar-refractivity contribution in [2.24, 2.45) is 5.41 Å². The zero-order valence-electron chi connectivity index (χ0n) is 8.43. The fourth-order valence-corrected chi connectivity index (χ4v) is 0.912. The van der Waals surface area contributed by atoms with E-state index in [1.807, 2.05) is 4.90 Å². The molecule has 0 aliphatic rings. The van der Waals surface area contributed by atoms with Crippen molar-refractivity contribution in [2.75, 3.05) is 6.54 Å². The predicted molar refractivity (Wildman–Crippen MR) is 55.7 cm³/mol. The maximum Gasteiger partial charge on any atom is 0.0327 e. The van der Waals surface area contributed by atoms with Crippen molar-refractivity contribution in [3.63, 3.8) is 0 Å². The first-order chi connectivity index (χ1) is 5.40. The predicted octanol–water partition coefficient (Wildman–Crippen LogP) is 3.18. The van der Waals surface area contributed by atoms with Gasteiger partial charge in [0, 0.05) is 12.2 Å². The first kappa shape index (κ1) is 11.0. The monoisotopic (exact) mass is 165 g/mol. The lowest BCUT2D eigenvalue weighted by Crippen LogP contribution is -2.26. The maximum atomic E-state index is 3.87. The largest absolute Gasteiger partial charge is 0.349 e. The second-order valence-corrected chi connectivity index (χ2v) is 4.07. The van der Waals surface area contributed by atoms with Crippen LogP contribution in [0, 0.1) is 5.41 Å². The van der Waals surface area contributed by atoms with Crippen LogP contribution in [0.25, 0.3) is 0 Å². The number of hydrogen-bond donors (Lipinski definition) is 0. The Labute approximate surface area is 76.1 Å². The molecule has 0 rings (SSSR count). The highest BCUT2D eigenvalue weighted by molar-refractivity contribution is 5.12. The summed E-state index contributed by atoms with van der Waals surface area (Å²) in [6.45, 7) is 18.7. The third kappa shape index (κ3) is 4.02. The Hall–Kier alpha value is -0.980. The average Bonchev–Trinajstić information content (AvgIpc) is 1.97. The molecule has 68 valence electrons. The van der Waals surface area contributed by atoms with Crippen LogP contribution in [-0.4, -0.2) is 11.4 Å². The Bertz CT molecular complexity index is 184. The number of allylic oxidation sites excluding steroid dienone is 1. The van der Waals surface area contributed by atoms with Crippen LogP contribution < -0.4 is 0 Å². The Kier molecular flexibility index (Phi) is 3.81. The molecular formula is C11H19N. The van der Waals surface area contributed by atoms with Crippen LogP contribution in [0.1, 0.15) is 20.8 Å². The van der Waals surface area contributed by atoms with Crippen LogP contribution in [0.5, 0.6) is 0 Å². The lowest BCUT2D eigenvalue weighted by Gasteiger charge is -2.28. The molecule has 0 spiro atoms. The molecule has 12 heavy (non-hydrogen) atoms. The summed E-state index contributed by atoms with van der Waals surface area (Å²) in [6.07, 6.45) is 3.53. The van der Waals surface area contributed by atoms with Gasteiger partial charge in [-0.2, -0.15) is 0 Å². The molecular weight excluding hydrogens is 146 g/mol. The van der Waals surface area contributed by atoms with Crippen LogP contribution in [0.4, 0.5) is 0 Å². The van der Waals surface area contributed by atoms with E-state index in [0.29, 0.717) is 0 Å². The van der Waals surface area contributed by atoms with Gasteiger partial charge in [-0.1, -0.05) is 40.5 Å². The molecule has 0 aromatic carbocycles. The molecule has 0 aliphatic carbocycles. The van der Waals surface area contributed by atoms with E-state index in [9.17, 15) is 0 Å². The highest BCUT2D eigenvalue weighted by Crippen LogP contribution is 2.18. The van der Waals surface area contributed by atoms with Crippen LogP contribution in [0.2, 0.25) is 0 Å². The summed E-state index contributed by atoms with van der Waals surface area (Å²) >= 11 is 0. The SMILES string of the molecule is C=CC(=C)N(C=C)CC(C)(C)C. The first-order valence-electron chi connectivity index (χ1n) is 4.11. The molecule has 0 radical (unpaired) electrons. The summed E-state index contributed by atoms with van der Waals surface area (Å²) in [5.74, 6) is 0. The second-order valence-electron chi connectivity index (χ2n) is 4.07. The molecule has 0 N–H and O–H groups in total. The van der Waals surface area contributed by atoms with Gasteiger partial charge in [0.25, 0.3) is 0 Å².